The minimum Gasteiger partial charge on any atom is -0.487 e. The van der Waals surface area contributed by atoms with E-state index in [1.165, 1.54) is 18.2 Å². The zero-order valence-electron chi connectivity index (χ0n) is 21.4. The highest BCUT2D eigenvalue weighted by Crippen LogP contribution is 2.31. The van der Waals surface area contributed by atoms with Crippen LogP contribution in [-0.2, 0) is 22.7 Å². The second-order valence-electron chi connectivity index (χ2n) is 8.93. The summed E-state index contributed by atoms with van der Waals surface area (Å²) in [5, 5.41) is 13.7. The van der Waals surface area contributed by atoms with E-state index in [9.17, 15) is 27.9 Å². The van der Waals surface area contributed by atoms with Crippen molar-refractivity contribution in [1.82, 2.24) is 5.32 Å². The number of halogens is 3. The number of amides is 1. The summed E-state index contributed by atoms with van der Waals surface area (Å²) in [6, 6.07) is 23.4. The molecule has 0 aliphatic heterocycles. The molecule has 0 saturated heterocycles. The lowest BCUT2D eigenvalue weighted by atomic mass is 10.0. The first kappa shape index (κ1) is 28.4. The second-order valence-corrected chi connectivity index (χ2v) is 8.93. The Hall–Kier alpha value is -4.57. The fourth-order valence-corrected chi connectivity index (χ4v) is 4.02. The van der Waals surface area contributed by atoms with Crippen LogP contribution in [0.3, 0.4) is 0 Å². The molecule has 4 rings (SSSR count). The van der Waals surface area contributed by atoms with Crippen LogP contribution in [-0.4, -0.2) is 35.5 Å². The Balaban J connectivity index is 1.53. The van der Waals surface area contributed by atoms with E-state index in [2.05, 4.69) is 10.1 Å². The maximum Gasteiger partial charge on any atom is 0.573 e. The quantitative estimate of drug-likeness (QED) is 0.233. The molecule has 10 heteroatoms. The lowest BCUT2D eigenvalue weighted by molar-refractivity contribution is -0.274. The number of ether oxygens (including phenoxy) is 3. The van der Waals surface area contributed by atoms with Crippen molar-refractivity contribution in [3.8, 4) is 11.5 Å². The monoisotopic (exact) mass is 553 g/mol. The van der Waals surface area contributed by atoms with Crippen molar-refractivity contribution in [3.05, 3.63) is 108 Å². The van der Waals surface area contributed by atoms with Gasteiger partial charge in [-0.3, -0.25) is 4.79 Å². The first-order valence-electron chi connectivity index (χ1n) is 12.3. The number of rotatable bonds is 11. The van der Waals surface area contributed by atoms with Crippen molar-refractivity contribution in [1.29, 1.82) is 0 Å². The van der Waals surface area contributed by atoms with Gasteiger partial charge < -0.3 is 24.6 Å². The Bertz CT molecular complexity index is 1460. The van der Waals surface area contributed by atoms with E-state index in [4.69, 9.17) is 9.47 Å². The van der Waals surface area contributed by atoms with Crippen molar-refractivity contribution in [2.24, 2.45) is 0 Å². The molecule has 4 aromatic rings. The van der Waals surface area contributed by atoms with E-state index in [-0.39, 0.29) is 30.3 Å². The Morgan fingerprint density at radius 3 is 2.17 bits per heavy atom. The van der Waals surface area contributed by atoms with Gasteiger partial charge >= 0.3 is 12.3 Å². The van der Waals surface area contributed by atoms with Gasteiger partial charge in [-0.1, -0.05) is 72.8 Å². The third kappa shape index (κ3) is 7.51. The summed E-state index contributed by atoms with van der Waals surface area (Å²) in [6.07, 6.45) is -5.66. The molecule has 1 unspecified atom stereocenters. The van der Waals surface area contributed by atoms with E-state index in [1.807, 2.05) is 42.5 Å². The van der Waals surface area contributed by atoms with Crippen molar-refractivity contribution < 1.29 is 42.1 Å². The number of nitrogens with one attached hydrogen (secondary N) is 1. The fraction of sp³-hybridized carbons (Fsp3) is 0.200. The molecule has 40 heavy (non-hydrogen) atoms. The molecule has 0 bridgehead atoms. The Morgan fingerprint density at radius 2 is 1.50 bits per heavy atom. The standard InChI is InChI=1S/C30H26F3NO6/c1-19(38-17-20-7-3-2-4-8-20)26(29(36)37)34-28(35)25-16-13-22-9-5-6-10-24(22)27(25)39-18-21-11-14-23(15-12-21)40-30(31,32)33/h2-16,19,26H,17-18H2,1H3,(H,34,35)(H,36,37)/t19?,26-/m0/s1. The fourth-order valence-electron chi connectivity index (χ4n) is 4.02. The van der Waals surface area contributed by atoms with Gasteiger partial charge in [0.05, 0.1) is 18.3 Å². The molecular weight excluding hydrogens is 527 g/mol. The van der Waals surface area contributed by atoms with Gasteiger partial charge in [-0.25, -0.2) is 4.79 Å². The van der Waals surface area contributed by atoms with Crippen LogP contribution in [0.2, 0.25) is 0 Å². The highest BCUT2D eigenvalue weighted by molar-refractivity contribution is 6.04. The zero-order chi connectivity index (χ0) is 28.7. The van der Waals surface area contributed by atoms with Crippen LogP contribution in [0.4, 0.5) is 13.2 Å². The van der Waals surface area contributed by atoms with Crippen LogP contribution in [0.25, 0.3) is 10.8 Å². The number of carboxylic acid groups (broad SMARTS) is 1. The van der Waals surface area contributed by atoms with Gasteiger partial charge in [0.1, 0.15) is 18.1 Å². The third-order valence-electron chi connectivity index (χ3n) is 6.04. The van der Waals surface area contributed by atoms with Crippen LogP contribution in [0.1, 0.15) is 28.4 Å². The molecule has 0 radical (unpaired) electrons. The van der Waals surface area contributed by atoms with Gasteiger partial charge in [0.15, 0.2) is 6.04 Å². The van der Waals surface area contributed by atoms with Gasteiger partial charge in [-0.05, 0) is 41.6 Å². The Labute approximate surface area is 228 Å². The van der Waals surface area contributed by atoms with Gasteiger partial charge in [0.25, 0.3) is 5.91 Å². The van der Waals surface area contributed by atoms with E-state index < -0.39 is 30.4 Å². The third-order valence-corrected chi connectivity index (χ3v) is 6.04. The van der Waals surface area contributed by atoms with E-state index >= 15 is 0 Å². The van der Waals surface area contributed by atoms with Crippen molar-refractivity contribution in [2.45, 2.75) is 38.6 Å². The van der Waals surface area contributed by atoms with Crippen molar-refractivity contribution in [3.63, 3.8) is 0 Å². The highest BCUT2D eigenvalue weighted by Gasteiger charge is 2.31. The zero-order valence-corrected chi connectivity index (χ0v) is 21.4. The number of fused-ring (bicyclic) bond motifs is 1. The molecule has 0 aliphatic rings. The summed E-state index contributed by atoms with van der Waals surface area (Å²) in [5.41, 5.74) is 1.48. The molecule has 208 valence electrons. The number of alkyl halides is 3. The summed E-state index contributed by atoms with van der Waals surface area (Å²) in [4.78, 5) is 25.4. The maximum atomic E-state index is 13.4. The number of benzene rings is 4. The van der Waals surface area contributed by atoms with E-state index in [0.29, 0.717) is 10.9 Å². The summed E-state index contributed by atoms with van der Waals surface area (Å²) >= 11 is 0. The van der Waals surface area contributed by atoms with Crippen LogP contribution in [0.5, 0.6) is 11.5 Å². The summed E-state index contributed by atoms with van der Waals surface area (Å²) in [6.45, 7) is 1.66. The van der Waals surface area contributed by atoms with Gasteiger partial charge in [0, 0.05) is 5.39 Å². The molecule has 0 aliphatic carbocycles. The predicted octanol–water partition coefficient (Wildman–Crippen LogP) is 6.11. The molecule has 4 aromatic carbocycles. The molecule has 1 amide bonds. The molecule has 0 heterocycles. The van der Waals surface area contributed by atoms with Crippen LogP contribution >= 0.6 is 0 Å². The average Bonchev–Trinajstić information content (AvgIpc) is 2.93. The molecule has 7 nitrogen and oxygen atoms in total. The largest absolute Gasteiger partial charge is 0.573 e. The molecule has 0 aromatic heterocycles. The molecule has 2 N–H and O–H groups in total. The molecule has 2 atom stereocenters. The summed E-state index contributed by atoms with van der Waals surface area (Å²) in [5.74, 6) is -2.12. The number of aliphatic carboxylic acids is 1. The summed E-state index contributed by atoms with van der Waals surface area (Å²) in [7, 11) is 0. The van der Waals surface area contributed by atoms with E-state index in [1.54, 1.807) is 25.1 Å². The number of carbonyl (C=O) groups excluding carboxylic acids is 1. The smallest absolute Gasteiger partial charge is 0.487 e. The average molecular weight is 554 g/mol. The number of hydrogen-bond donors (Lipinski definition) is 2. The van der Waals surface area contributed by atoms with Gasteiger partial charge in [-0.15, -0.1) is 13.2 Å². The Morgan fingerprint density at radius 1 is 0.850 bits per heavy atom. The summed E-state index contributed by atoms with van der Waals surface area (Å²) < 4.78 is 53.0. The molecular formula is C30H26F3NO6. The van der Waals surface area contributed by atoms with Crippen LogP contribution in [0.15, 0.2) is 91.0 Å². The van der Waals surface area contributed by atoms with Gasteiger partial charge in [0.2, 0.25) is 0 Å². The second kappa shape index (κ2) is 12.5. The van der Waals surface area contributed by atoms with Crippen molar-refractivity contribution >= 4 is 22.6 Å². The first-order chi connectivity index (χ1) is 19.1. The maximum absolute atomic E-state index is 13.4. The van der Waals surface area contributed by atoms with Crippen molar-refractivity contribution in [2.75, 3.05) is 0 Å². The van der Waals surface area contributed by atoms with Crippen LogP contribution < -0.4 is 14.8 Å². The van der Waals surface area contributed by atoms with Gasteiger partial charge in [-0.2, -0.15) is 0 Å². The minimum absolute atomic E-state index is 0.0699. The minimum atomic E-state index is -4.80. The predicted molar refractivity (Wildman–Crippen MR) is 141 cm³/mol. The SMILES string of the molecule is CC(OCc1ccccc1)[C@H](NC(=O)c1ccc2ccccc2c1OCc1ccc(OC(F)(F)F)cc1)C(=O)O. The number of hydrogen-bond acceptors (Lipinski definition) is 5. The molecule has 0 spiro atoms. The Kier molecular flexibility index (Phi) is 8.90. The van der Waals surface area contributed by atoms with Crippen LogP contribution in [0, 0.1) is 0 Å². The topological polar surface area (TPSA) is 94.1 Å². The number of carboxylic acids is 1. The highest BCUT2D eigenvalue weighted by atomic mass is 19.4. The number of carbonyl (C=O) groups is 2. The molecule has 0 saturated carbocycles. The first-order valence-corrected chi connectivity index (χ1v) is 12.3. The lowest BCUT2D eigenvalue weighted by Crippen LogP contribution is -2.48. The normalized spacial score (nSPS) is 12.9. The lowest BCUT2D eigenvalue weighted by Gasteiger charge is -2.23. The van der Waals surface area contributed by atoms with E-state index in [0.717, 1.165) is 23.1 Å². The molecule has 0 fully saturated rings.